The number of thiazole rings is 1. The van der Waals surface area contributed by atoms with Crippen molar-refractivity contribution in [1.82, 2.24) is 9.88 Å². The van der Waals surface area contributed by atoms with Crippen molar-refractivity contribution in [3.05, 3.63) is 53.8 Å². The molecule has 0 saturated carbocycles. The number of nitrogens with zero attached hydrogens (tertiary/aromatic N) is 4. The number of carbonyl (C=O) groups is 3. The molecule has 0 N–H and O–H groups in total. The van der Waals surface area contributed by atoms with Crippen molar-refractivity contribution in [2.75, 3.05) is 36.0 Å². The first-order chi connectivity index (χ1) is 15.9. The van der Waals surface area contributed by atoms with E-state index in [9.17, 15) is 18.8 Å². The molecule has 1 fully saturated rings. The molecular weight excluding hydrogens is 479 g/mol. The first-order valence-electron chi connectivity index (χ1n) is 11.0. The number of rotatable bonds is 8. The number of likely N-dealkylation sites (N-methyl/N-ethyl adjacent to an activating group) is 1. The van der Waals surface area contributed by atoms with Crippen molar-refractivity contribution >= 4 is 62.5 Å². The zero-order chi connectivity index (χ0) is 23.5. The first-order valence-corrected chi connectivity index (χ1v) is 11.8. The van der Waals surface area contributed by atoms with Crippen LogP contribution in [0.2, 0.25) is 0 Å². The molecule has 1 aromatic heterocycles. The van der Waals surface area contributed by atoms with Gasteiger partial charge in [-0.15, -0.1) is 12.4 Å². The van der Waals surface area contributed by atoms with Gasteiger partial charge in [0.25, 0.3) is 5.91 Å². The van der Waals surface area contributed by atoms with E-state index in [1.807, 2.05) is 0 Å². The van der Waals surface area contributed by atoms with Crippen LogP contribution < -0.4 is 9.80 Å². The Morgan fingerprint density at radius 2 is 1.68 bits per heavy atom. The highest BCUT2D eigenvalue weighted by atomic mass is 35.5. The van der Waals surface area contributed by atoms with Crippen LogP contribution >= 0.6 is 23.7 Å². The Labute approximate surface area is 207 Å². The van der Waals surface area contributed by atoms with E-state index in [1.165, 1.54) is 23.5 Å². The molecule has 4 rings (SSSR count). The van der Waals surface area contributed by atoms with Crippen molar-refractivity contribution in [3.8, 4) is 0 Å². The quantitative estimate of drug-likeness (QED) is 0.422. The molecule has 0 unspecified atom stereocenters. The molecule has 0 aliphatic carbocycles. The molecule has 2 aromatic carbocycles. The second kappa shape index (κ2) is 11.0. The molecule has 2 heterocycles. The minimum Gasteiger partial charge on any atom is -0.302 e. The maximum absolute atomic E-state index is 13.7. The van der Waals surface area contributed by atoms with Crippen molar-refractivity contribution in [2.45, 2.75) is 26.7 Å². The smallest absolute Gasteiger partial charge is 0.260 e. The standard InChI is InChI=1S/C24H25FN4O3S.ClH/c1-3-27(4-2)13-14-28(24-26-19-10-7-17(25)15-20(19)33-24)23(32)16-5-8-18(9-6-16)29-21(30)11-12-22(29)31;/h5-10,15H,3-4,11-14H2,1-2H3;1H. The summed E-state index contributed by atoms with van der Waals surface area (Å²) >= 11 is 1.27. The predicted molar refractivity (Wildman–Crippen MR) is 134 cm³/mol. The lowest BCUT2D eigenvalue weighted by atomic mass is 10.1. The summed E-state index contributed by atoms with van der Waals surface area (Å²) in [5.74, 6) is -1.06. The summed E-state index contributed by atoms with van der Waals surface area (Å²) in [7, 11) is 0. The Morgan fingerprint density at radius 1 is 1.03 bits per heavy atom. The summed E-state index contributed by atoms with van der Waals surface area (Å²) in [5, 5.41) is 0.502. The number of aromatic nitrogens is 1. The number of amides is 3. The lowest BCUT2D eigenvalue weighted by Gasteiger charge is -2.25. The van der Waals surface area contributed by atoms with E-state index in [2.05, 4.69) is 23.7 Å². The Bertz CT molecular complexity index is 1180. The molecule has 0 spiro atoms. The van der Waals surface area contributed by atoms with Crippen LogP contribution in [0.25, 0.3) is 10.2 Å². The summed E-state index contributed by atoms with van der Waals surface area (Å²) in [6.45, 7) is 6.93. The van der Waals surface area contributed by atoms with E-state index >= 15 is 0 Å². The van der Waals surface area contributed by atoms with E-state index in [4.69, 9.17) is 0 Å². The summed E-state index contributed by atoms with van der Waals surface area (Å²) in [4.78, 5) is 47.1. The molecule has 1 saturated heterocycles. The van der Waals surface area contributed by atoms with E-state index < -0.39 is 0 Å². The average molecular weight is 505 g/mol. The number of imide groups is 1. The van der Waals surface area contributed by atoms with Gasteiger partial charge in [-0.1, -0.05) is 25.2 Å². The van der Waals surface area contributed by atoms with Crippen molar-refractivity contribution in [1.29, 1.82) is 0 Å². The van der Waals surface area contributed by atoms with Crippen LogP contribution in [0.3, 0.4) is 0 Å². The number of hydrogen-bond donors (Lipinski definition) is 0. The molecule has 34 heavy (non-hydrogen) atoms. The van der Waals surface area contributed by atoms with Gasteiger partial charge in [0.1, 0.15) is 5.82 Å². The fraction of sp³-hybridized carbons (Fsp3) is 0.333. The van der Waals surface area contributed by atoms with E-state index in [0.717, 1.165) is 18.0 Å². The summed E-state index contributed by atoms with van der Waals surface area (Å²) < 4.78 is 14.3. The number of hydrogen-bond acceptors (Lipinski definition) is 6. The molecule has 7 nitrogen and oxygen atoms in total. The average Bonchev–Trinajstić information content (AvgIpc) is 3.38. The molecule has 0 atom stereocenters. The number of benzene rings is 2. The zero-order valence-corrected chi connectivity index (χ0v) is 20.6. The third-order valence-corrected chi connectivity index (χ3v) is 6.81. The number of anilines is 2. The normalized spacial score (nSPS) is 13.6. The number of fused-ring (bicyclic) bond motifs is 1. The highest BCUT2D eigenvalue weighted by molar-refractivity contribution is 7.22. The van der Waals surface area contributed by atoms with Crippen molar-refractivity contribution < 1.29 is 18.8 Å². The number of halogens is 2. The van der Waals surface area contributed by atoms with Gasteiger partial charge in [-0.3, -0.25) is 24.2 Å². The largest absolute Gasteiger partial charge is 0.302 e. The van der Waals surface area contributed by atoms with Gasteiger partial charge in [-0.25, -0.2) is 9.37 Å². The van der Waals surface area contributed by atoms with Crippen LogP contribution in [0.5, 0.6) is 0 Å². The Hall–Kier alpha value is -2.88. The van der Waals surface area contributed by atoms with Gasteiger partial charge in [-0.05, 0) is 55.6 Å². The fourth-order valence-electron chi connectivity index (χ4n) is 3.84. The third-order valence-electron chi connectivity index (χ3n) is 5.77. The van der Waals surface area contributed by atoms with E-state index in [0.29, 0.717) is 39.7 Å². The monoisotopic (exact) mass is 504 g/mol. The Kier molecular flexibility index (Phi) is 8.35. The van der Waals surface area contributed by atoms with Crippen molar-refractivity contribution in [3.63, 3.8) is 0 Å². The molecule has 0 radical (unpaired) electrons. The van der Waals surface area contributed by atoms with Crippen LogP contribution in [0.15, 0.2) is 42.5 Å². The topological polar surface area (TPSA) is 73.8 Å². The van der Waals surface area contributed by atoms with Crippen LogP contribution in [0.4, 0.5) is 15.2 Å². The molecule has 10 heteroatoms. The SMILES string of the molecule is CCN(CC)CCN(C(=O)c1ccc(N2C(=O)CCC2=O)cc1)c1nc2ccc(F)cc2s1.Cl. The van der Waals surface area contributed by atoms with Gasteiger partial charge >= 0.3 is 0 Å². The Morgan fingerprint density at radius 3 is 2.29 bits per heavy atom. The van der Waals surface area contributed by atoms with Crippen LogP contribution in [0.1, 0.15) is 37.0 Å². The molecule has 3 amide bonds. The highest BCUT2D eigenvalue weighted by Gasteiger charge is 2.30. The van der Waals surface area contributed by atoms with Crippen LogP contribution in [-0.4, -0.2) is 53.8 Å². The second-order valence-electron chi connectivity index (χ2n) is 7.76. The summed E-state index contributed by atoms with van der Waals surface area (Å²) in [6.07, 6.45) is 0.410. The van der Waals surface area contributed by atoms with Gasteiger partial charge in [0.05, 0.1) is 15.9 Å². The predicted octanol–water partition coefficient (Wildman–Crippen LogP) is 4.50. The zero-order valence-electron chi connectivity index (χ0n) is 19.0. The lowest BCUT2D eigenvalue weighted by Crippen LogP contribution is -2.39. The third kappa shape index (κ3) is 5.27. The molecule has 1 aliphatic heterocycles. The summed E-state index contributed by atoms with van der Waals surface area (Å²) in [5.41, 5.74) is 1.52. The van der Waals surface area contributed by atoms with Crippen LogP contribution in [-0.2, 0) is 9.59 Å². The maximum atomic E-state index is 13.7. The first kappa shape index (κ1) is 25.7. The molecule has 1 aliphatic rings. The molecule has 3 aromatic rings. The summed E-state index contributed by atoms with van der Waals surface area (Å²) in [6, 6.07) is 10.9. The highest BCUT2D eigenvalue weighted by Crippen LogP contribution is 2.31. The van der Waals surface area contributed by atoms with Gasteiger partial charge in [0.2, 0.25) is 11.8 Å². The fourth-order valence-corrected chi connectivity index (χ4v) is 4.86. The minimum atomic E-state index is -0.347. The molecular formula is C24H26ClFN4O3S. The van der Waals surface area contributed by atoms with Crippen molar-refractivity contribution in [2.24, 2.45) is 0 Å². The minimum absolute atomic E-state index is 0. The van der Waals surface area contributed by atoms with E-state index in [-0.39, 0.29) is 48.8 Å². The van der Waals surface area contributed by atoms with Gasteiger partial charge in [-0.2, -0.15) is 0 Å². The van der Waals surface area contributed by atoms with Crippen LogP contribution in [0, 0.1) is 5.82 Å². The molecule has 180 valence electrons. The van der Waals surface area contributed by atoms with Gasteiger partial charge < -0.3 is 4.90 Å². The van der Waals surface area contributed by atoms with Gasteiger partial charge in [0, 0.05) is 31.5 Å². The maximum Gasteiger partial charge on any atom is 0.260 e. The number of carbonyl (C=O) groups excluding carboxylic acids is 3. The molecule has 0 bridgehead atoms. The lowest BCUT2D eigenvalue weighted by molar-refractivity contribution is -0.121. The Balaban J connectivity index is 0.00000324. The van der Waals surface area contributed by atoms with Gasteiger partial charge in [0.15, 0.2) is 5.13 Å². The van der Waals surface area contributed by atoms with E-state index in [1.54, 1.807) is 35.2 Å². The second-order valence-corrected chi connectivity index (χ2v) is 8.77.